The molecule has 3 N–H and O–H groups in total. The number of aliphatic hydroxyl groups excluding tert-OH is 1. The molecule has 9 heteroatoms. The number of H-pyrrole nitrogens is 1. The maximum absolute atomic E-state index is 12.6. The Bertz CT molecular complexity index is 1190. The lowest BCUT2D eigenvalue weighted by atomic mass is 10.0. The molecule has 0 fully saturated rings. The maximum Gasteiger partial charge on any atom is 0.329 e. The molecule has 2 aromatic carbocycles. The Hall–Kier alpha value is -3.64. The van der Waals surface area contributed by atoms with Crippen LogP contribution in [0.1, 0.15) is 30.0 Å². The Morgan fingerprint density at radius 2 is 1.91 bits per heavy atom. The third kappa shape index (κ3) is 5.15. The number of aromatic amines is 1. The number of carbonyl (C=O) groups is 2. The second kappa shape index (κ2) is 10.1. The van der Waals surface area contributed by atoms with Crippen molar-refractivity contribution in [1.82, 2.24) is 15.3 Å². The number of rotatable bonds is 7. The van der Waals surface area contributed by atoms with Crippen LogP contribution >= 0.6 is 15.9 Å². The van der Waals surface area contributed by atoms with E-state index in [9.17, 15) is 20.0 Å². The topological polar surface area (TPSA) is 128 Å². The van der Waals surface area contributed by atoms with Crippen molar-refractivity contribution in [2.45, 2.75) is 19.9 Å². The second-order valence-corrected chi connectivity index (χ2v) is 8.17. The quantitative estimate of drug-likeness (QED) is 0.256. The number of hydrogen-bond donors (Lipinski definition) is 3. The Balaban J connectivity index is 1.73. The lowest BCUT2D eigenvalue weighted by Gasteiger charge is -2.21. The van der Waals surface area contributed by atoms with Crippen LogP contribution in [-0.2, 0) is 9.53 Å². The maximum atomic E-state index is 12.6. The SMILES string of the molecule is CC(C)C(NC(=O)c1ccccc1Br)C(=O)OCC(O)=C(C#N)c1nc2ccccc2[nH]1. The van der Waals surface area contributed by atoms with Crippen molar-refractivity contribution < 1.29 is 19.4 Å². The molecule has 3 aromatic rings. The number of para-hydroxylation sites is 2. The van der Waals surface area contributed by atoms with Gasteiger partial charge in [-0.1, -0.05) is 38.1 Å². The Labute approximate surface area is 193 Å². The number of imidazole rings is 1. The van der Waals surface area contributed by atoms with Gasteiger partial charge in [0.05, 0.1) is 16.6 Å². The summed E-state index contributed by atoms with van der Waals surface area (Å²) in [7, 11) is 0. The number of aromatic nitrogens is 2. The molecule has 1 amide bonds. The summed E-state index contributed by atoms with van der Waals surface area (Å²) in [5, 5.41) is 22.5. The smallest absolute Gasteiger partial charge is 0.329 e. The first kappa shape index (κ1) is 23.0. The van der Waals surface area contributed by atoms with E-state index < -0.39 is 30.3 Å². The number of aliphatic hydroxyl groups is 1. The molecule has 3 rings (SSSR count). The zero-order valence-corrected chi connectivity index (χ0v) is 19.0. The van der Waals surface area contributed by atoms with Gasteiger partial charge < -0.3 is 20.1 Å². The van der Waals surface area contributed by atoms with Gasteiger partial charge in [-0.2, -0.15) is 5.26 Å². The van der Waals surface area contributed by atoms with E-state index in [0.29, 0.717) is 21.1 Å². The van der Waals surface area contributed by atoms with Gasteiger partial charge in [0.15, 0.2) is 11.6 Å². The number of nitriles is 1. The van der Waals surface area contributed by atoms with E-state index in [4.69, 9.17) is 4.74 Å². The van der Waals surface area contributed by atoms with Gasteiger partial charge in [-0.25, -0.2) is 9.78 Å². The number of allylic oxidation sites excluding steroid dienone is 1. The molecular weight excluding hydrogens is 476 g/mol. The summed E-state index contributed by atoms with van der Waals surface area (Å²) in [6.07, 6.45) is 0. The van der Waals surface area contributed by atoms with Crippen LogP contribution in [0, 0.1) is 17.2 Å². The minimum Gasteiger partial charge on any atom is -0.507 e. The number of nitrogens with zero attached hydrogens (tertiary/aromatic N) is 2. The molecule has 164 valence electrons. The predicted octanol–water partition coefficient (Wildman–Crippen LogP) is 4.12. The van der Waals surface area contributed by atoms with Crippen molar-refractivity contribution in [3.8, 4) is 6.07 Å². The molecule has 0 radical (unpaired) electrons. The van der Waals surface area contributed by atoms with E-state index in [0.717, 1.165) is 0 Å². The number of amides is 1. The van der Waals surface area contributed by atoms with Crippen molar-refractivity contribution in [3.05, 3.63) is 70.2 Å². The van der Waals surface area contributed by atoms with Gasteiger partial charge in [0.1, 0.15) is 24.3 Å². The lowest BCUT2D eigenvalue weighted by Crippen LogP contribution is -2.45. The van der Waals surface area contributed by atoms with Crippen molar-refractivity contribution in [2.75, 3.05) is 6.61 Å². The number of benzene rings is 2. The van der Waals surface area contributed by atoms with E-state index in [2.05, 4.69) is 31.2 Å². The highest BCUT2D eigenvalue weighted by Crippen LogP contribution is 2.20. The minimum atomic E-state index is -0.945. The number of fused-ring (bicyclic) bond motifs is 1. The van der Waals surface area contributed by atoms with Gasteiger partial charge in [0.25, 0.3) is 5.91 Å². The van der Waals surface area contributed by atoms with Gasteiger partial charge in [0, 0.05) is 4.47 Å². The van der Waals surface area contributed by atoms with Crippen LogP contribution in [0.15, 0.2) is 58.8 Å². The van der Waals surface area contributed by atoms with Gasteiger partial charge in [-0.3, -0.25) is 4.79 Å². The molecule has 1 heterocycles. The van der Waals surface area contributed by atoms with Crippen molar-refractivity contribution in [3.63, 3.8) is 0 Å². The Kier molecular flexibility index (Phi) is 7.28. The van der Waals surface area contributed by atoms with Crippen LogP contribution in [0.5, 0.6) is 0 Å². The highest BCUT2D eigenvalue weighted by molar-refractivity contribution is 9.10. The number of carbonyl (C=O) groups excluding carboxylic acids is 2. The standard InChI is InChI=1S/C23H21BrN4O4/c1-13(2)20(28-22(30)14-7-3-4-8-16(14)24)23(31)32-12-19(29)15(11-25)21-26-17-9-5-6-10-18(17)27-21/h3-10,13,20,29H,12H2,1-2H3,(H,26,27)(H,28,30). The monoisotopic (exact) mass is 496 g/mol. The molecule has 0 saturated heterocycles. The first-order chi connectivity index (χ1) is 15.3. The molecule has 0 spiro atoms. The normalized spacial score (nSPS) is 12.7. The zero-order valence-electron chi connectivity index (χ0n) is 17.4. The summed E-state index contributed by atoms with van der Waals surface area (Å²) >= 11 is 3.31. The summed E-state index contributed by atoms with van der Waals surface area (Å²) in [4.78, 5) is 32.5. The third-order valence-electron chi connectivity index (χ3n) is 4.70. The average Bonchev–Trinajstić information content (AvgIpc) is 3.20. The van der Waals surface area contributed by atoms with Crippen molar-refractivity contribution in [2.24, 2.45) is 5.92 Å². The number of esters is 1. The van der Waals surface area contributed by atoms with E-state index in [-0.39, 0.29) is 17.3 Å². The van der Waals surface area contributed by atoms with Crippen LogP contribution in [0.2, 0.25) is 0 Å². The fourth-order valence-corrected chi connectivity index (χ4v) is 3.45. The molecule has 1 aromatic heterocycles. The van der Waals surface area contributed by atoms with Crippen LogP contribution in [0.4, 0.5) is 0 Å². The molecule has 0 aliphatic rings. The fraction of sp³-hybridized carbons (Fsp3) is 0.217. The van der Waals surface area contributed by atoms with Gasteiger partial charge in [0.2, 0.25) is 0 Å². The summed E-state index contributed by atoms with van der Waals surface area (Å²) in [5.74, 6) is -1.71. The second-order valence-electron chi connectivity index (χ2n) is 7.32. The van der Waals surface area contributed by atoms with Gasteiger partial charge in [-0.05, 0) is 46.1 Å². The molecule has 0 aliphatic carbocycles. The summed E-state index contributed by atoms with van der Waals surface area (Å²) in [6.45, 7) is 2.99. The van der Waals surface area contributed by atoms with Crippen molar-refractivity contribution in [1.29, 1.82) is 5.26 Å². The molecular formula is C23H21BrN4O4. The minimum absolute atomic E-state index is 0.132. The van der Waals surface area contributed by atoms with Crippen LogP contribution in [0.3, 0.4) is 0 Å². The highest BCUT2D eigenvalue weighted by Gasteiger charge is 2.27. The van der Waals surface area contributed by atoms with E-state index in [1.807, 2.05) is 12.1 Å². The van der Waals surface area contributed by atoms with E-state index >= 15 is 0 Å². The zero-order chi connectivity index (χ0) is 23.3. The highest BCUT2D eigenvalue weighted by atomic mass is 79.9. The lowest BCUT2D eigenvalue weighted by molar-refractivity contribution is -0.146. The molecule has 8 nitrogen and oxygen atoms in total. The first-order valence-corrected chi connectivity index (χ1v) is 10.6. The van der Waals surface area contributed by atoms with Crippen LogP contribution in [0.25, 0.3) is 16.6 Å². The molecule has 32 heavy (non-hydrogen) atoms. The summed E-state index contributed by atoms with van der Waals surface area (Å²) in [6, 6.07) is 15.0. The molecule has 1 unspecified atom stereocenters. The van der Waals surface area contributed by atoms with E-state index in [1.165, 1.54) is 0 Å². The summed E-state index contributed by atoms with van der Waals surface area (Å²) < 4.78 is 5.80. The fourth-order valence-electron chi connectivity index (χ4n) is 2.99. The van der Waals surface area contributed by atoms with Gasteiger partial charge >= 0.3 is 5.97 Å². The number of ether oxygens (including phenoxy) is 1. The van der Waals surface area contributed by atoms with E-state index in [1.54, 1.807) is 56.3 Å². The summed E-state index contributed by atoms with van der Waals surface area (Å²) in [5.41, 5.74) is 1.59. The average molecular weight is 497 g/mol. The molecule has 1 atom stereocenters. The number of halogens is 1. The molecule has 0 bridgehead atoms. The van der Waals surface area contributed by atoms with Crippen molar-refractivity contribution >= 4 is 44.4 Å². The Morgan fingerprint density at radius 3 is 2.56 bits per heavy atom. The Morgan fingerprint density at radius 1 is 1.22 bits per heavy atom. The molecule has 0 aliphatic heterocycles. The van der Waals surface area contributed by atoms with Gasteiger partial charge in [-0.15, -0.1) is 0 Å². The first-order valence-electron chi connectivity index (χ1n) is 9.81. The number of nitrogens with one attached hydrogen (secondary N) is 2. The van der Waals surface area contributed by atoms with Crippen LogP contribution in [-0.4, -0.2) is 39.6 Å². The van der Waals surface area contributed by atoms with Crippen LogP contribution < -0.4 is 5.32 Å². The number of hydrogen-bond acceptors (Lipinski definition) is 6. The predicted molar refractivity (Wildman–Crippen MR) is 122 cm³/mol. The third-order valence-corrected chi connectivity index (χ3v) is 5.39. The largest absolute Gasteiger partial charge is 0.507 e. The molecule has 0 saturated carbocycles.